The molecule has 1 aromatic carbocycles. The molecular formula is C24H27FN6O2S. The van der Waals surface area contributed by atoms with Gasteiger partial charge in [0, 0.05) is 36.9 Å². The molecule has 34 heavy (non-hydrogen) atoms. The van der Waals surface area contributed by atoms with Crippen LogP contribution in [0.3, 0.4) is 0 Å². The summed E-state index contributed by atoms with van der Waals surface area (Å²) < 4.78 is 20.1. The summed E-state index contributed by atoms with van der Waals surface area (Å²) >= 11 is 1.41. The number of rotatable bonds is 7. The van der Waals surface area contributed by atoms with Crippen molar-refractivity contribution in [3.05, 3.63) is 47.7 Å². The van der Waals surface area contributed by atoms with Crippen molar-refractivity contribution in [3.8, 4) is 5.88 Å². The highest BCUT2D eigenvalue weighted by Gasteiger charge is 2.23. The maximum Gasteiger partial charge on any atom is 0.236 e. The molecule has 1 saturated carbocycles. The molecule has 3 aromatic rings. The molecule has 0 saturated heterocycles. The average Bonchev–Trinajstić information content (AvgIpc) is 2.87. The van der Waals surface area contributed by atoms with Crippen molar-refractivity contribution in [3.63, 3.8) is 0 Å². The van der Waals surface area contributed by atoms with E-state index in [1.165, 1.54) is 17.8 Å². The zero-order valence-electron chi connectivity index (χ0n) is 18.9. The number of halogens is 1. The van der Waals surface area contributed by atoms with Crippen LogP contribution in [0.2, 0.25) is 0 Å². The highest BCUT2D eigenvalue weighted by Crippen LogP contribution is 2.30. The Balaban J connectivity index is 1.14. The number of nitrogens with zero attached hydrogens (tertiary/aromatic N) is 3. The minimum Gasteiger partial charge on any atom is -0.481 e. The molecule has 2 aromatic heterocycles. The van der Waals surface area contributed by atoms with Crippen molar-refractivity contribution in [2.24, 2.45) is 0 Å². The van der Waals surface area contributed by atoms with E-state index in [2.05, 4.69) is 30.9 Å². The molecule has 0 bridgehead atoms. The Labute approximate surface area is 201 Å². The van der Waals surface area contributed by atoms with Crippen molar-refractivity contribution in [2.45, 2.75) is 55.9 Å². The van der Waals surface area contributed by atoms with E-state index in [0.717, 1.165) is 47.2 Å². The van der Waals surface area contributed by atoms with E-state index in [0.29, 0.717) is 48.2 Å². The predicted octanol–water partition coefficient (Wildman–Crippen LogP) is 3.41. The van der Waals surface area contributed by atoms with E-state index in [1.54, 1.807) is 25.6 Å². The second kappa shape index (κ2) is 10.2. The van der Waals surface area contributed by atoms with Crippen molar-refractivity contribution in [2.75, 3.05) is 18.2 Å². The maximum atomic E-state index is 14.7. The summed E-state index contributed by atoms with van der Waals surface area (Å²) in [6.07, 6.45) is 7.49. The third-order valence-corrected chi connectivity index (χ3v) is 7.37. The summed E-state index contributed by atoms with van der Waals surface area (Å²) in [5.41, 5.74) is 1.41. The van der Waals surface area contributed by atoms with Gasteiger partial charge in [-0.3, -0.25) is 4.79 Å². The van der Waals surface area contributed by atoms with Crippen LogP contribution in [0.15, 0.2) is 35.6 Å². The summed E-state index contributed by atoms with van der Waals surface area (Å²) in [7, 11) is 1.56. The van der Waals surface area contributed by atoms with Crippen LogP contribution in [0.1, 0.15) is 36.9 Å². The number of carbonyl (C=O) groups excluding carboxylic acids is 1. The van der Waals surface area contributed by atoms with Gasteiger partial charge in [0.15, 0.2) is 5.82 Å². The summed E-state index contributed by atoms with van der Waals surface area (Å²) in [5, 5.41) is 12.3. The molecular weight excluding hydrogens is 455 g/mol. The molecule has 0 unspecified atom stereocenters. The van der Waals surface area contributed by atoms with Crippen molar-refractivity contribution in [1.82, 2.24) is 25.6 Å². The lowest BCUT2D eigenvalue weighted by Crippen LogP contribution is -2.39. The van der Waals surface area contributed by atoms with Crippen molar-refractivity contribution < 1.29 is 13.9 Å². The summed E-state index contributed by atoms with van der Waals surface area (Å²) in [5.74, 6) is 1.10. The van der Waals surface area contributed by atoms with E-state index >= 15 is 0 Å². The standard InChI is InChI=1S/C24H27FN6O2S/c1-33-23-21-14(8-9-26-23)2-7-19(25)18(21)12-28-16-5-3-15(4-6-16)27-10-17-11-29-24-22(30-17)31-20(32)13-34-24/h2,7-9,11,15-16,27-28H,3-6,10,12-13H2,1H3,(H,30,31,32)/t15-,16-. The number of amides is 1. The molecule has 3 heterocycles. The van der Waals surface area contributed by atoms with Gasteiger partial charge >= 0.3 is 0 Å². The van der Waals surface area contributed by atoms with Crippen LogP contribution >= 0.6 is 11.8 Å². The molecule has 0 radical (unpaired) electrons. The third kappa shape index (κ3) is 4.98. The lowest BCUT2D eigenvalue weighted by Gasteiger charge is -2.30. The zero-order valence-corrected chi connectivity index (χ0v) is 19.8. The zero-order chi connectivity index (χ0) is 23.5. The number of hydrogen-bond acceptors (Lipinski definition) is 8. The fraction of sp³-hybridized carbons (Fsp3) is 0.417. The SMILES string of the molecule is COc1nccc2ccc(F)c(CN[C@H]3CC[C@H](NCc4cnc5c(n4)NC(=O)CS5)CC3)c12. The fourth-order valence-corrected chi connectivity index (χ4v) is 5.30. The first-order chi connectivity index (χ1) is 16.6. The van der Waals surface area contributed by atoms with Crippen LogP contribution in [-0.2, 0) is 17.9 Å². The van der Waals surface area contributed by atoms with Crippen LogP contribution in [0.4, 0.5) is 10.2 Å². The van der Waals surface area contributed by atoms with Crippen LogP contribution in [0.25, 0.3) is 10.8 Å². The number of anilines is 1. The minimum atomic E-state index is -0.248. The molecule has 3 N–H and O–H groups in total. The fourth-order valence-electron chi connectivity index (χ4n) is 4.60. The number of ether oxygens (including phenoxy) is 1. The van der Waals surface area contributed by atoms with Gasteiger partial charge in [-0.1, -0.05) is 17.8 Å². The van der Waals surface area contributed by atoms with Crippen molar-refractivity contribution in [1.29, 1.82) is 0 Å². The van der Waals surface area contributed by atoms with Gasteiger partial charge in [-0.2, -0.15) is 0 Å². The molecule has 2 aliphatic rings. The number of fused-ring (bicyclic) bond motifs is 2. The van der Waals surface area contributed by atoms with Gasteiger partial charge in [0.1, 0.15) is 10.8 Å². The van der Waals surface area contributed by atoms with E-state index in [1.807, 2.05) is 6.07 Å². The Hall–Kier alpha value is -2.82. The molecule has 10 heteroatoms. The minimum absolute atomic E-state index is 0.0409. The quantitative estimate of drug-likeness (QED) is 0.471. The molecule has 8 nitrogen and oxygen atoms in total. The molecule has 1 aliphatic heterocycles. The first kappa shape index (κ1) is 22.9. The van der Waals surface area contributed by atoms with E-state index in [-0.39, 0.29) is 11.7 Å². The average molecular weight is 483 g/mol. The molecule has 1 aliphatic carbocycles. The van der Waals surface area contributed by atoms with E-state index in [9.17, 15) is 9.18 Å². The summed E-state index contributed by atoms with van der Waals surface area (Å²) in [4.78, 5) is 24.8. The number of methoxy groups -OCH3 is 1. The first-order valence-electron chi connectivity index (χ1n) is 11.5. The number of pyridine rings is 1. The van der Waals surface area contributed by atoms with Gasteiger partial charge < -0.3 is 20.7 Å². The van der Waals surface area contributed by atoms with Crippen LogP contribution < -0.4 is 20.7 Å². The molecule has 178 valence electrons. The Kier molecular flexibility index (Phi) is 6.89. The van der Waals surface area contributed by atoms with Gasteiger partial charge in [0.2, 0.25) is 11.8 Å². The topological polar surface area (TPSA) is 101 Å². The predicted molar refractivity (Wildman–Crippen MR) is 129 cm³/mol. The second-order valence-electron chi connectivity index (χ2n) is 8.61. The van der Waals surface area contributed by atoms with Gasteiger partial charge in [-0.25, -0.2) is 19.3 Å². The normalized spacial score (nSPS) is 20.1. The maximum absolute atomic E-state index is 14.7. The van der Waals surface area contributed by atoms with E-state index < -0.39 is 0 Å². The third-order valence-electron chi connectivity index (χ3n) is 6.39. The lowest BCUT2D eigenvalue weighted by atomic mass is 9.91. The molecule has 0 atom stereocenters. The monoisotopic (exact) mass is 482 g/mol. The highest BCUT2D eigenvalue weighted by molar-refractivity contribution is 8.00. The molecule has 0 spiro atoms. The van der Waals surface area contributed by atoms with Crippen molar-refractivity contribution >= 4 is 34.3 Å². The molecule has 1 amide bonds. The van der Waals surface area contributed by atoms with Gasteiger partial charge in [-0.15, -0.1) is 0 Å². The Morgan fingerprint density at radius 2 is 1.88 bits per heavy atom. The Bertz CT molecular complexity index is 1200. The highest BCUT2D eigenvalue weighted by atomic mass is 32.2. The van der Waals surface area contributed by atoms with Crippen LogP contribution in [-0.4, -0.2) is 45.8 Å². The number of carbonyl (C=O) groups is 1. The van der Waals surface area contributed by atoms with Crippen LogP contribution in [0, 0.1) is 5.82 Å². The van der Waals surface area contributed by atoms with Gasteiger partial charge in [-0.05, 0) is 43.2 Å². The molecule has 1 fully saturated rings. The van der Waals surface area contributed by atoms with Crippen LogP contribution in [0.5, 0.6) is 5.88 Å². The van der Waals surface area contributed by atoms with E-state index in [4.69, 9.17) is 4.74 Å². The number of benzene rings is 1. The smallest absolute Gasteiger partial charge is 0.236 e. The Morgan fingerprint density at radius 3 is 2.65 bits per heavy atom. The number of hydrogen-bond donors (Lipinski definition) is 3. The number of nitrogens with one attached hydrogen (secondary N) is 3. The number of thioether (sulfide) groups is 1. The first-order valence-corrected chi connectivity index (χ1v) is 12.4. The number of aromatic nitrogens is 3. The summed E-state index contributed by atoms with van der Waals surface area (Å²) in [6, 6.07) is 5.85. The Morgan fingerprint density at radius 1 is 1.12 bits per heavy atom. The van der Waals surface area contributed by atoms with Gasteiger partial charge in [0.25, 0.3) is 0 Å². The molecule has 5 rings (SSSR count). The van der Waals surface area contributed by atoms with Gasteiger partial charge in [0.05, 0.1) is 30.1 Å². The summed E-state index contributed by atoms with van der Waals surface area (Å²) in [6.45, 7) is 1.04. The lowest BCUT2D eigenvalue weighted by molar-refractivity contribution is -0.113. The second-order valence-corrected chi connectivity index (χ2v) is 9.57. The largest absolute Gasteiger partial charge is 0.481 e.